The smallest absolute Gasteiger partial charge is 0.299 e. The van der Waals surface area contributed by atoms with Gasteiger partial charge in [0.1, 0.15) is 0 Å². The van der Waals surface area contributed by atoms with Crippen LogP contribution in [0.2, 0.25) is 0 Å². The molecule has 0 saturated carbocycles. The lowest BCUT2D eigenvalue weighted by atomic mass is 10.1. The summed E-state index contributed by atoms with van der Waals surface area (Å²) in [5.41, 5.74) is 3.74. The average Bonchev–Trinajstić information content (AvgIpc) is 3.80. The molecule has 0 atom stereocenters. The topological polar surface area (TPSA) is 124 Å². The Bertz CT molecular complexity index is 2160. The minimum Gasteiger partial charge on any atom is -0.407 e. The van der Waals surface area contributed by atoms with Crippen LogP contribution in [-0.2, 0) is 18.9 Å². The molecular weight excluding hydrogens is 733 g/mol. The van der Waals surface area contributed by atoms with E-state index in [0.717, 1.165) is 0 Å². The second-order valence-corrected chi connectivity index (χ2v) is 13.5. The number of hydrogen-bond donors (Lipinski definition) is 0. The summed E-state index contributed by atoms with van der Waals surface area (Å²) in [5.74, 6) is 0.729. The Kier molecular flexibility index (Phi) is 13.1. The van der Waals surface area contributed by atoms with Crippen molar-refractivity contribution in [2.24, 2.45) is 30.0 Å². The highest BCUT2D eigenvalue weighted by Gasteiger charge is 2.32. The van der Waals surface area contributed by atoms with Gasteiger partial charge >= 0.3 is 0 Å². The number of amidine groups is 4. The van der Waals surface area contributed by atoms with Gasteiger partial charge in [0.15, 0.2) is 0 Å². The number of rotatable bonds is 6. The SMILES string of the molecule is CN(C)C(=Nc1ccccc1)OC1=CC(=C2C=C(OC(=Nc3ccccc3)N(C)C)N=C2OC(=Nc2ccccc2)N(C)C)C(OC(=Nc2ccccc2)N(C)C)=N1. The molecule has 6 rings (SSSR count). The van der Waals surface area contributed by atoms with Gasteiger partial charge < -0.3 is 38.5 Å². The van der Waals surface area contributed by atoms with E-state index in [-0.39, 0.29) is 35.6 Å². The highest BCUT2D eigenvalue weighted by atomic mass is 16.5. The van der Waals surface area contributed by atoms with E-state index in [9.17, 15) is 0 Å². The number of aliphatic imine (C=N–C) groups is 6. The van der Waals surface area contributed by atoms with Gasteiger partial charge in [-0.3, -0.25) is 0 Å². The van der Waals surface area contributed by atoms with E-state index in [1.165, 1.54) is 0 Å². The second kappa shape index (κ2) is 18.9. The largest absolute Gasteiger partial charge is 0.407 e. The molecule has 14 heteroatoms. The summed E-state index contributed by atoms with van der Waals surface area (Å²) >= 11 is 0. The highest BCUT2D eigenvalue weighted by Crippen LogP contribution is 2.30. The molecule has 0 unspecified atom stereocenters. The minimum absolute atomic E-state index is 0.164. The van der Waals surface area contributed by atoms with E-state index in [0.29, 0.717) is 45.9 Å². The highest BCUT2D eigenvalue weighted by molar-refractivity contribution is 6.15. The van der Waals surface area contributed by atoms with Crippen molar-refractivity contribution in [2.45, 2.75) is 0 Å². The summed E-state index contributed by atoms with van der Waals surface area (Å²) in [7, 11) is 14.7. The Morgan fingerprint density at radius 1 is 0.362 bits per heavy atom. The summed E-state index contributed by atoms with van der Waals surface area (Å²) in [6, 6.07) is 39.2. The summed E-state index contributed by atoms with van der Waals surface area (Å²) < 4.78 is 25.8. The molecule has 4 aromatic carbocycles. The molecule has 2 aliphatic heterocycles. The molecule has 58 heavy (non-hydrogen) atoms. The molecule has 14 nitrogen and oxygen atoms in total. The molecule has 0 aromatic heterocycles. The minimum atomic E-state index is 0.164. The maximum atomic E-state index is 6.55. The van der Waals surface area contributed by atoms with Crippen molar-refractivity contribution in [1.82, 2.24) is 19.6 Å². The standard InChI is InChI=1S/C44H46N10O4/c1-51(2)41(45-31-21-13-9-14-22-31)55-37-29-35(39(49-37)57-43(53(5)6)47-33-25-17-11-18-26-33)36-30-38(56-42(52(3)4)46-32-23-15-10-16-24-32)50-40(36)58-44(54(7)8)48-34-27-19-12-20-28-34/h9-30H,1-8H3. The molecule has 0 fully saturated rings. The second-order valence-electron chi connectivity index (χ2n) is 13.5. The van der Waals surface area contributed by atoms with Gasteiger partial charge in [-0.1, -0.05) is 72.8 Å². The number of ether oxygens (including phenoxy) is 4. The van der Waals surface area contributed by atoms with Crippen molar-refractivity contribution in [1.29, 1.82) is 0 Å². The molecule has 2 aliphatic rings. The lowest BCUT2D eigenvalue weighted by molar-refractivity contribution is 0.338. The summed E-state index contributed by atoms with van der Waals surface area (Å²) in [5, 5.41) is 0. The predicted molar refractivity (Wildman–Crippen MR) is 231 cm³/mol. The van der Waals surface area contributed by atoms with Crippen molar-refractivity contribution >= 4 is 58.6 Å². The van der Waals surface area contributed by atoms with Crippen LogP contribution in [0.15, 0.2) is 186 Å². The quantitative estimate of drug-likeness (QED) is 0.143. The Balaban J connectivity index is 1.50. The first kappa shape index (κ1) is 40.2. The molecule has 4 aromatic rings. The Labute approximate surface area is 339 Å². The zero-order valence-corrected chi connectivity index (χ0v) is 33.8. The van der Waals surface area contributed by atoms with E-state index < -0.39 is 0 Å². The zero-order valence-electron chi connectivity index (χ0n) is 33.8. The van der Waals surface area contributed by atoms with Crippen LogP contribution in [-0.4, -0.2) is 112 Å². The molecule has 296 valence electrons. The first-order valence-electron chi connectivity index (χ1n) is 18.3. The van der Waals surface area contributed by atoms with Crippen molar-refractivity contribution in [2.75, 3.05) is 56.4 Å². The van der Waals surface area contributed by atoms with Crippen LogP contribution >= 0.6 is 0 Å². The number of para-hydroxylation sites is 4. The monoisotopic (exact) mass is 778 g/mol. The molecule has 0 bridgehead atoms. The van der Waals surface area contributed by atoms with Crippen LogP contribution in [0.25, 0.3) is 0 Å². The fourth-order valence-corrected chi connectivity index (χ4v) is 5.07. The number of nitrogens with zero attached hydrogens (tertiary/aromatic N) is 10. The molecule has 0 spiro atoms. The van der Waals surface area contributed by atoms with Gasteiger partial charge in [0, 0.05) is 68.5 Å². The maximum Gasteiger partial charge on any atom is 0.299 e. The normalized spacial score (nSPS) is 15.9. The van der Waals surface area contributed by atoms with E-state index in [1.54, 1.807) is 31.8 Å². The first-order valence-corrected chi connectivity index (χ1v) is 18.3. The maximum absolute atomic E-state index is 6.55. The fourth-order valence-electron chi connectivity index (χ4n) is 5.07. The van der Waals surface area contributed by atoms with E-state index >= 15 is 0 Å². The van der Waals surface area contributed by atoms with Gasteiger partial charge in [0.2, 0.25) is 23.6 Å². The van der Waals surface area contributed by atoms with E-state index in [1.807, 2.05) is 178 Å². The molecule has 2 heterocycles. The van der Waals surface area contributed by atoms with Crippen LogP contribution in [0.1, 0.15) is 0 Å². The lowest BCUT2D eigenvalue weighted by Crippen LogP contribution is -2.29. The van der Waals surface area contributed by atoms with Crippen molar-refractivity contribution in [3.8, 4) is 0 Å². The third-order valence-corrected chi connectivity index (χ3v) is 7.93. The zero-order chi connectivity index (χ0) is 41.0. The van der Waals surface area contributed by atoms with E-state index in [2.05, 4.69) is 0 Å². The summed E-state index contributed by atoms with van der Waals surface area (Å²) in [6.07, 6.45) is 3.47. The van der Waals surface area contributed by atoms with Gasteiger partial charge in [-0.2, -0.15) is 30.0 Å². The Morgan fingerprint density at radius 2 is 0.603 bits per heavy atom. The van der Waals surface area contributed by atoms with Gasteiger partial charge in [-0.15, -0.1) is 0 Å². The molecule has 0 amide bonds. The first-order chi connectivity index (χ1) is 28.0. The van der Waals surface area contributed by atoms with Crippen molar-refractivity contribution in [3.63, 3.8) is 0 Å². The lowest BCUT2D eigenvalue weighted by Gasteiger charge is -2.18. The Morgan fingerprint density at radius 3 is 0.845 bits per heavy atom. The fraction of sp³-hybridized carbons (Fsp3) is 0.182. The molecule has 0 saturated heterocycles. The van der Waals surface area contributed by atoms with Crippen molar-refractivity contribution < 1.29 is 18.9 Å². The molecule has 0 radical (unpaired) electrons. The van der Waals surface area contributed by atoms with Crippen molar-refractivity contribution in [3.05, 3.63) is 156 Å². The molecular formula is C44H46N10O4. The van der Waals surface area contributed by atoms with Crippen LogP contribution in [0, 0.1) is 0 Å². The van der Waals surface area contributed by atoms with Crippen LogP contribution in [0.3, 0.4) is 0 Å². The van der Waals surface area contributed by atoms with Crippen LogP contribution < -0.4 is 0 Å². The van der Waals surface area contributed by atoms with E-state index in [4.69, 9.17) is 48.9 Å². The van der Waals surface area contributed by atoms with Crippen LogP contribution in [0.5, 0.6) is 0 Å². The van der Waals surface area contributed by atoms with Gasteiger partial charge in [0.25, 0.3) is 24.1 Å². The summed E-state index contributed by atoms with van der Waals surface area (Å²) in [4.78, 5) is 35.7. The van der Waals surface area contributed by atoms with Gasteiger partial charge in [-0.05, 0) is 48.5 Å². The molecule has 0 N–H and O–H groups in total. The predicted octanol–water partition coefficient (Wildman–Crippen LogP) is 7.85. The van der Waals surface area contributed by atoms with Gasteiger partial charge in [0.05, 0.1) is 33.9 Å². The molecule has 0 aliphatic carbocycles. The Hall–Kier alpha value is -7.48. The third kappa shape index (κ3) is 10.8. The number of benzene rings is 4. The summed E-state index contributed by atoms with van der Waals surface area (Å²) in [6.45, 7) is 0. The third-order valence-electron chi connectivity index (χ3n) is 7.93. The average molecular weight is 779 g/mol. The van der Waals surface area contributed by atoms with Gasteiger partial charge in [-0.25, -0.2) is 0 Å². The number of hydrogen-bond acceptors (Lipinski definition) is 10. The van der Waals surface area contributed by atoms with Crippen LogP contribution in [0.4, 0.5) is 22.7 Å².